The number of furan rings is 1. The van der Waals surface area contributed by atoms with Gasteiger partial charge in [-0.1, -0.05) is 125 Å². The van der Waals surface area contributed by atoms with E-state index in [4.69, 9.17) is 10.2 Å². The van der Waals surface area contributed by atoms with Crippen molar-refractivity contribution in [3.05, 3.63) is 103 Å². The van der Waals surface area contributed by atoms with Crippen LogP contribution in [-0.4, -0.2) is 17.3 Å². The topological polar surface area (TPSA) is 51.5 Å². The van der Waals surface area contributed by atoms with Crippen LogP contribution >= 0.6 is 11.8 Å². The van der Waals surface area contributed by atoms with Crippen molar-refractivity contribution in [2.45, 2.75) is 54.9 Å². The van der Waals surface area contributed by atoms with Crippen molar-refractivity contribution in [3.63, 3.8) is 0 Å². The number of nitrogens with zero attached hydrogens (tertiary/aromatic N) is 1. The van der Waals surface area contributed by atoms with E-state index in [9.17, 15) is 0 Å². The molecule has 4 heteroatoms. The van der Waals surface area contributed by atoms with Crippen LogP contribution in [-0.2, 0) is 0 Å². The largest absolute Gasteiger partial charge is 0.440 e. The molecule has 200 valence electrons. The lowest BCUT2D eigenvalue weighted by Gasteiger charge is -2.03. The highest BCUT2D eigenvalue weighted by Crippen LogP contribution is 2.35. The molecule has 0 aliphatic rings. The molecule has 0 unspecified atom stereocenters. The van der Waals surface area contributed by atoms with Gasteiger partial charge in [-0.2, -0.15) is 0 Å². The molecule has 0 saturated carbocycles. The number of nitrogens with two attached hydrogens (primary N) is 1. The quantitative estimate of drug-likeness (QED) is 0.140. The first-order valence-electron chi connectivity index (χ1n) is 13.1. The number of hydrogen-bond donors (Lipinski definition) is 1. The summed E-state index contributed by atoms with van der Waals surface area (Å²) in [5.74, 6) is 2.29. The van der Waals surface area contributed by atoms with Crippen molar-refractivity contribution in [1.82, 2.24) is 0 Å². The van der Waals surface area contributed by atoms with Gasteiger partial charge in [-0.15, -0.1) is 11.8 Å². The third-order valence-corrected chi connectivity index (χ3v) is 5.84. The Bertz CT molecular complexity index is 1010. The van der Waals surface area contributed by atoms with E-state index in [2.05, 4.69) is 56.6 Å². The number of anilines is 1. The Morgan fingerprint density at radius 3 is 2.05 bits per heavy atom. The second-order valence-electron chi connectivity index (χ2n) is 7.22. The predicted octanol–water partition coefficient (Wildman–Crippen LogP) is 10.5. The summed E-state index contributed by atoms with van der Waals surface area (Å²) in [5.41, 5.74) is 10.4. The highest BCUT2D eigenvalue weighted by molar-refractivity contribution is 8.14. The first-order valence-corrected chi connectivity index (χ1v) is 14.1. The Hall–Kier alpha value is -3.24. The number of thioether (sulfide) groups is 1. The summed E-state index contributed by atoms with van der Waals surface area (Å²) >= 11 is 1.81. The van der Waals surface area contributed by atoms with Crippen LogP contribution in [0.1, 0.15) is 54.9 Å². The highest BCUT2D eigenvalue weighted by atomic mass is 32.2. The SMILES string of the molecule is C=CC=CC/C(=C\C)CSC(C)=NCC.CC.CC.Nc1cc(-c2ccccc2)c(-c2ccccc2)o1. The molecule has 0 aliphatic carbocycles. The molecule has 0 radical (unpaired) electrons. The van der Waals surface area contributed by atoms with Crippen LogP contribution in [0.3, 0.4) is 0 Å². The molecule has 2 N–H and O–H groups in total. The van der Waals surface area contributed by atoms with Crippen LogP contribution in [0.5, 0.6) is 0 Å². The minimum absolute atomic E-state index is 0.438. The van der Waals surface area contributed by atoms with E-state index in [1.165, 1.54) is 10.6 Å². The number of benzene rings is 2. The van der Waals surface area contributed by atoms with Gasteiger partial charge in [0, 0.05) is 29.5 Å². The Kier molecular flexibility index (Phi) is 20.1. The van der Waals surface area contributed by atoms with Gasteiger partial charge in [0.15, 0.2) is 5.88 Å². The number of aliphatic imine (C=N–C) groups is 1. The number of nitrogen functional groups attached to an aromatic ring is 1. The molecule has 0 spiro atoms. The second kappa shape index (κ2) is 22.0. The molecule has 37 heavy (non-hydrogen) atoms. The summed E-state index contributed by atoms with van der Waals surface area (Å²) in [5, 5.41) is 1.17. The van der Waals surface area contributed by atoms with Crippen LogP contribution in [0.15, 0.2) is 113 Å². The molecule has 1 aromatic heterocycles. The first kappa shape index (κ1) is 33.8. The smallest absolute Gasteiger partial charge is 0.191 e. The molecule has 3 rings (SSSR count). The van der Waals surface area contributed by atoms with E-state index in [-0.39, 0.29) is 0 Å². The van der Waals surface area contributed by atoms with Crippen molar-refractivity contribution in [1.29, 1.82) is 0 Å². The van der Waals surface area contributed by atoms with Crippen molar-refractivity contribution in [3.8, 4) is 22.5 Å². The van der Waals surface area contributed by atoms with Gasteiger partial charge >= 0.3 is 0 Å². The standard InChI is InChI=1S/C16H13NO.C13H21NS.2C2H6/c17-15-11-14(12-7-3-1-4-8-12)16(18-15)13-9-5-2-6-10-13;1-5-8-9-10-13(6-2)11-15-12(4)14-7-3;2*1-2/h1-11H,17H2;5-6,8-9H,1,7,10-11H2,2-4H3;2*1-2H3/b;9-8?,13-6+,14-12?;;. The Morgan fingerprint density at radius 1 is 0.973 bits per heavy atom. The number of rotatable bonds is 8. The van der Waals surface area contributed by atoms with Gasteiger partial charge in [0.1, 0.15) is 5.76 Å². The molecular weight excluding hydrogens is 472 g/mol. The summed E-state index contributed by atoms with van der Waals surface area (Å²) < 4.78 is 5.63. The highest BCUT2D eigenvalue weighted by Gasteiger charge is 2.12. The molecule has 0 aliphatic heterocycles. The average Bonchev–Trinajstić information content (AvgIpc) is 3.36. The molecule has 3 aromatic rings. The molecule has 0 amide bonds. The van der Waals surface area contributed by atoms with E-state index in [0.717, 1.165) is 41.2 Å². The molecule has 0 fully saturated rings. The van der Waals surface area contributed by atoms with Gasteiger partial charge in [-0.3, -0.25) is 4.99 Å². The van der Waals surface area contributed by atoms with Crippen molar-refractivity contribution in [2.75, 3.05) is 18.0 Å². The van der Waals surface area contributed by atoms with Gasteiger partial charge in [-0.05, 0) is 32.8 Å². The van der Waals surface area contributed by atoms with Crippen molar-refractivity contribution < 1.29 is 4.42 Å². The maximum atomic E-state index is 5.79. The second-order valence-corrected chi connectivity index (χ2v) is 8.39. The Morgan fingerprint density at radius 2 is 1.54 bits per heavy atom. The lowest BCUT2D eigenvalue weighted by Crippen LogP contribution is -1.92. The lowest BCUT2D eigenvalue weighted by atomic mass is 10.0. The zero-order valence-electron chi connectivity index (χ0n) is 23.8. The summed E-state index contributed by atoms with van der Waals surface area (Å²) in [6.45, 7) is 18.7. The van der Waals surface area contributed by atoms with E-state index in [1.54, 1.807) is 0 Å². The third kappa shape index (κ3) is 13.6. The van der Waals surface area contributed by atoms with E-state index < -0.39 is 0 Å². The Labute approximate surface area is 230 Å². The zero-order valence-corrected chi connectivity index (χ0v) is 24.6. The summed E-state index contributed by atoms with van der Waals surface area (Å²) in [4.78, 5) is 4.35. The minimum Gasteiger partial charge on any atom is -0.440 e. The lowest BCUT2D eigenvalue weighted by molar-refractivity contribution is 0.603. The van der Waals surface area contributed by atoms with Gasteiger partial charge in [0.25, 0.3) is 0 Å². The summed E-state index contributed by atoms with van der Waals surface area (Å²) in [7, 11) is 0. The molecule has 0 saturated heterocycles. The van der Waals surface area contributed by atoms with Crippen molar-refractivity contribution >= 4 is 22.7 Å². The molecular formula is C33H46N2OS. The zero-order chi connectivity index (χ0) is 27.9. The van der Waals surface area contributed by atoms with E-state index >= 15 is 0 Å². The summed E-state index contributed by atoms with van der Waals surface area (Å²) in [6.07, 6.45) is 9.12. The molecule has 3 nitrogen and oxygen atoms in total. The average molecular weight is 519 g/mol. The molecule has 1 heterocycles. The van der Waals surface area contributed by atoms with Gasteiger partial charge in [0.2, 0.25) is 0 Å². The number of hydrogen-bond acceptors (Lipinski definition) is 4. The fraction of sp³-hybridized carbons (Fsp3) is 0.303. The van der Waals surface area contributed by atoms with Crippen LogP contribution in [0.4, 0.5) is 5.88 Å². The number of allylic oxidation sites excluding steroid dienone is 4. The van der Waals surface area contributed by atoms with Gasteiger partial charge in [0.05, 0.1) is 5.04 Å². The van der Waals surface area contributed by atoms with Gasteiger partial charge < -0.3 is 10.2 Å². The normalized spacial score (nSPS) is 10.9. The maximum Gasteiger partial charge on any atom is 0.191 e. The van der Waals surface area contributed by atoms with Crippen LogP contribution in [0.25, 0.3) is 22.5 Å². The molecule has 0 atom stereocenters. The predicted molar refractivity (Wildman–Crippen MR) is 171 cm³/mol. The van der Waals surface area contributed by atoms with Gasteiger partial charge in [-0.25, -0.2) is 0 Å². The fourth-order valence-corrected chi connectivity index (χ4v) is 3.99. The molecule has 0 bridgehead atoms. The van der Waals surface area contributed by atoms with Crippen LogP contribution < -0.4 is 5.73 Å². The molecule has 2 aromatic carbocycles. The Balaban J connectivity index is 0.000000629. The minimum atomic E-state index is 0.438. The van der Waals surface area contributed by atoms with Crippen LogP contribution in [0, 0.1) is 0 Å². The fourth-order valence-electron chi connectivity index (χ4n) is 3.09. The van der Waals surface area contributed by atoms with E-state index in [1.807, 2.05) is 106 Å². The monoisotopic (exact) mass is 518 g/mol. The maximum absolute atomic E-state index is 5.79. The van der Waals surface area contributed by atoms with Crippen molar-refractivity contribution in [2.24, 2.45) is 4.99 Å². The van der Waals surface area contributed by atoms with E-state index in [0.29, 0.717) is 5.88 Å². The van der Waals surface area contributed by atoms with Crippen LogP contribution in [0.2, 0.25) is 0 Å². The summed E-state index contributed by atoms with van der Waals surface area (Å²) in [6, 6.07) is 22.0. The first-order chi connectivity index (χ1) is 18.1. The third-order valence-electron chi connectivity index (χ3n) is 4.78.